The third kappa shape index (κ3) is 4.96. The van der Waals surface area contributed by atoms with E-state index in [1.54, 1.807) is 26.4 Å². The van der Waals surface area contributed by atoms with Crippen LogP contribution in [0.3, 0.4) is 0 Å². The van der Waals surface area contributed by atoms with E-state index in [9.17, 15) is 14.9 Å². The van der Waals surface area contributed by atoms with E-state index in [0.717, 1.165) is 11.3 Å². The number of non-ortho nitro benzene ring substituents is 1. The highest BCUT2D eigenvalue weighted by Gasteiger charge is 2.22. The van der Waals surface area contributed by atoms with Crippen molar-refractivity contribution < 1.29 is 19.2 Å². The van der Waals surface area contributed by atoms with E-state index in [-0.39, 0.29) is 11.6 Å². The van der Waals surface area contributed by atoms with Gasteiger partial charge in [-0.3, -0.25) is 14.9 Å². The number of nitro benzene ring substituents is 1. The van der Waals surface area contributed by atoms with E-state index in [1.807, 2.05) is 29.2 Å². The van der Waals surface area contributed by atoms with Gasteiger partial charge in [-0.15, -0.1) is 0 Å². The summed E-state index contributed by atoms with van der Waals surface area (Å²) in [4.78, 5) is 27.1. The molecule has 1 saturated heterocycles. The van der Waals surface area contributed by atoms with Crippen molar-refractivity contribution in [3.63, 3.8) is 0 Å². The van der Waals surface area contributed by atoms with Gasteiger partial charge in [-0.25, -0.2) is 0 Å². The number of nitrogens with zero attached hydrogens (tertiary/aromatic N) is 3. The molecule has 1 aliphatic rings. The second-order valence-corrected chi connectivity index (χ2v) is 6.83. The lowest BCUT2D eigenvalue weighted by Gasteiger charge is -2.36. The van der Waals surface area contributed by atoms with Crippen molar-refractivity contribution in [3.8, 4) is 11.5 Å². The van der Waals surface area contributed by atoms with Crippen molar-refractivity contribution in [2.75, 3.05) is 45.3 Å². The van der Waals surface area contributed by atoms with Crippen molar-refractivity contribution in [2.45, 2.75) is 12.8 Å². The molecular weight excluding hydrogens is 374 g/mol. The van der Waals surface area contributed by atoms with E-state index in [1.165, 1.54) is 6.07 Å². The Kier molecular flexibility index (Phi) is 6.54. The minimum Gasteiger partial charge on any atom is -0.493 e. The molecule has 2 aromatic rings. The fraction of sp³-hybridized carbons (Fsp3) is 0.381. The number of hydrogen-bond donors (Lipinski definition) is 0. The number of amides is 1. The van der Waals surface area contributed by atoms with Crippen LogP contribution in [0.15, 0.2) is 42.5 Å². The topological polar surface area (TPSA) is 85.2 Å². The zero-order valence-corrected chi connectivity index (χ0v) is 16.7. The maximum absolute atomic E-state index is 12.6. The van der Waals surface area contributed by atoms with Gasteiger partial charge in [0.15, 0.2) is 11.5 Å². The molecule has 1 fully saturated rings. The third-order valence-electron chi connectivity index (χ3n) is 5.11. The number of carbonyl (C=O) groups excluding carboxylic acids is 1. The van der Waals surface area contributed by atoms with Crippen molar-refractivity contribution in [3.05, 3.63) is 58.1 Å². The lowest BCUT2D eigenvalue weighted by molar-refractivity contribution is -0.384. The molecule has 0 N–H and O–H groups in total. The standard InChI is InChI=1S/C21H25N3O5/c1-28-19-8-6-16(14-20(19)29-2)7-9-21(25)23-12-10-22(11-13-23)17-4-3-5-18(15-17)24(26)27/h3-6,8,14-15H,7,9-13H2,1-2H3. The number of rotatable bonds is 7. The summed E-state index contributed by atoms with van der Waals surface area (Å²) in [6, 6.07) is 12.3. The number of hydrogen-bond acceptors (Lipinski definition) is 6. The summed E-state index contributed by atoms with van der Waals surface area (Å²) in [5.41, 5.74) is 1.92. The first-order valence-electron chi connectivity index (χ1n) is 9.50. The molecular formula is C21H25N3O5. The number of nitro groups is 1. The van der Waals surface area contributed by atoms with Gasteiger partial charge in [0, 0.05) is 50.4 Å². The normalized spacial score (nSPS) is 13.9. The highest BCUT2D eigenvalue weighted by molar-refractivity contribution is 5.77. The summed E-state index contributed by atoms with van der Waals surface area (Å²) in [7, 11) is 3.18. The number of anilines is 1. The lowest BCUT2D eigenvalue weighted by Crippen LogP contribution is -2.48. The predicted octanol–water partition coefficient (Wildman–Crippen LogP) is 2.89. The maximum Gasteiger partial charge on any atom is 0.271 e. The average Bonchev–Trinajstić information content (AvgIpc) is 2.77. The first-order valence-corrected chi connectivity index (χ1v) is 9.50. The van der Waals surface area contributed by atoms with Crippen LogP contribution in [0.4, 0.5) is 11.4 Å². The van der Waals surface area contributed by atoms with Crippen LogP contribution >= 0.6 is 0 Å². The monoisotopic (exact) mass is 399 g/mol. The molecule has 0 aliphatic carbocycles. The van der Waals surface area contributed by atoms with Gasteiger partial charge in [0.05, 0.1) is 19.1 Å². The minimum atomic E-state index is -0.391. The van der Waals surface area contributed by atoms with Gasteiger partial charge in [0.1, 0.15) is 0 Å². The Hall–Kier alpha value is -3.29. The first kappa shape index (κ1) is 20.4. The quantitative estimate of drug-likeness (QED) is 0.526. The number of methoxy groups -OCH3 is 2. The summed E-state index contributed by atoms with van der Waals surface area (Å²) < 4.78 is 10.5. The molecule has 0 bridgehead atoms. The van der Waals surface area contributed by atoms with E-state index in [4.69, 9.17) is 9.47 Å². The smallest absolute Gasteiger partial charge is 0.271 e. The molecule has 0 unspecified atom stereocenters. The predicted molar refractivity (Wildman–Crippen MR) is 110 cm³/mol. The highest BCUT2D eigenvalue weighted by Crippen LogP contribution is 2.28. The van der Waals surface area contributed by atoms with Gasteiger partial charge in [-0.05, 0) is 30.2 Å². The van der Waals surface area contributed by atoms with Gasteiger partial charge in [0.2, 0.25) is 5.91 Å². The zero-order valence-electron chi connectivity index (χ0n) is 16.7. The molecule has 0 aromatic heterocycles. The summed E-state index contributed by atoms with van der Waals surface area (Å²) in [5.74, 6) is 1.43. The van der Waals surface area contributed by atoms with Crippen molar-refractivity contribution in [1.82, 2.24) is 4.90 Å². The summed E-state index contributed by atoms with van der Waals surface area (Å²) >= 11 is 0. The Labute approximate surface area is 169 Å². The number of piperazine rings is 1. The Morgan fingerprint density at radius 3 is 2.41 bits per heavy atom. The van der Waals surface area contributed by atoms with Crippen LogP contribution < -0.4 is 14.4 Å². The molecule has 1 heterocycles. The number of carbonyl (C=O) groups is 1. The fourth-order valence-electron chi connectivity index (χ4n) is 3.46. The molecule has 2 aromatic carbocycles. The number of benzene rings is 2. The number of aryl methyl sites for hydroxylation is 1. The minimum absolute atomic E-state index is 0.0796. The van der Waals surface area contributed by atoms with E-state index in [2.05, 4.69) is 4.90 Å². The van der Waals surface area contributed by atoms with Gasteiger partial charge in [-0.1, -0.05) is 12.1 Å². The first-order chi connectivity index (χ1) is 14.0. The maximum atomic E-state index is 12.6. The molecule has 0 radical (unpaired) electrons. The van der Waals surface area contributed by atoms with Crippen molar-refractivity contribution >= 4 is 17.3 Å². The second-order valence-electron chi connectivity index (χ2n) is 6.83. The molecule has 154 valence electrons. The molecule has 8 heteroatoms. The van der Waals surface area contributed by atoms with Crippen LogP contribution in [0.25, 0.3) is 0 Å². The Bertz CT molecular complexity index is 878. The third-order valence-corrected chi connectivity index (χ3v) is 5.11. The van der Waals surface area contributed by atoms with Crippen LogP contribution in [-0.4, -0.2) is 56.1 Å². The van der Waals surface area contributed by atoms with E-state index >= 15 is 0 Å². The van der Waals surface area contributed by atoms with Gasteiger partial charge < -0.3 is 19.3 Å². The van der Waals surface area contributed by atoms with Crippen molar-refractivity contribution in [2.24, 2.45) is 0 Å². The molecule has 0 saturated carbocycles. The van der Waals surface area contributed by atoms with E-state index in [0.29, 0.717) is 50.5 Å². The summed E-state index contributed by atoms with van der Waals surface area (Å²) in [6.45, 7) is 2.52. The van der Waals surface area contributed by atoms with Gasteiger partial charge in [0.25, 0.3) is 5.69 Å². The highest BCUT2D eigenvalue weighted by atomic mass is 16.6. The zero-order chi connectivity index (χ0) is 20.8. The molecule has 8 nitrogen and oxygen atoms in total. The molecule has 3 rings (SSSR count). The average molecular weight is 399 g/mol. The van der Waals surface area contributed by atoms with Crippen LogP contribution in [0.2, 0.25) is 0 Å². The second kappa shape index (κ2) is 9.27. The molecule has 0 atom stereocenters. The summed E-state index contributed by atoms with van der Waals surface area (Å²) in [6.07, 6.45) is 1.05. The SMILES string of the molecule is COc1ccc(CCC(=O)N2CCN(c3cccc([N+](=O)[O-])c3)CC2)cc1OC. The van der Waals surface area contributed by atoms with Crippen molar-refractivity contribution in [1.29, 1.82) is 0 Å². The Morgan fingerprint density at radius 1 is 1.03 bits per heavy atom. The summed E-state index contributed by atoms with van der Waals surface area (Å²) in [5, 5.41) is 11.0. The fourth-order valence-corrected chi connectivity index (χ4v) is 3.46. The number of ether oxygens (including phenoxy) is 2. The Morgan fingerprint density at radius 2 is 1.76 bits per heavy atom. The lowest BCUT2D eigenvalue weighted by atomic mass is 10.1. The van der Waals surface area contributed by atoms with E-state index < -0.39 is 4.92 Å². The van der Waals surface area contributed by atoms with Gasteiger partial charge in [-0.2, -0.15) is 0 Å². The molecule has 29 heavy (non-hydrogen) atoms. The Balaban J connectivity index is 1.53. The molecule has 1 amide bonds. The van der Waals surface area contributed by atoms with Gasteiger partial charge >= 0.3 is 0 Å². The largest absolute Gasteiger partial charge is 0.493 e. The van der Waals surface area contributed by atoms with Crippen LogP contribution in [0.1, 0.15) is 12.0 Å². The molecule has 1 aliphatic heterocycles. The van der Waals surface area contributed by atoms with Crippen LogP contribution in [-0.2, 0) is 11.2 Å². The molecule has 0 spiro atoms. The van der Waals surface area contributed by atoms with Crippen LogP contribution in [0, 0.1) is 10.1 Å². The van der Waals surface area contributed by atoms with Crippen LogP contribution in [0.5, 0.6) is 11.5 Å².